The van der Waals surface area contributed by atoms with Crippen LogP contribution in [-0.4, -0.2) is 32.1 Å². The lowest BCUT2D eigenvalue weighted by molar-refractivity contribution is 0.102. The lowest BCUT2D eigenvalue weighted by Crippen LogP contribution is -2.37. The average Bonchev–Trinajstić information content (AvgIpc) is 2.64. The van der Waals surface area contributed by atoms with Crippen LogP contribution in [0.1, 0.15) is 35.7 Å². The first kappa shape index (κ1) is 21.0. The van der Waals surface area contributed by atoms with Gasteiger partial charge in [0.05, 0.1) is 11.5 Å². The third-order valence-corrected chi connectivity index (χ3v) is 5.52. The Labute approximate surface area is 158 Å². The smallest absolute Gasteiger partial charge is 0.255 e. The molecule has 0 fully saturated rings. The van der Waals surface area contributed by atoms with Gasteiger partial charge in [-0.2, -0.15) is 0 Å². The van der Waals surface area contributed by atoms with Gasteiger partial charge < -0.3 is 10.4 Å². The van der Waals surface area contributed by atoms with E-state index in [4.69, 9.17) is 0 Å². The van der Waals surface area contributed by atoms with Gasteiger partial charge in [0.2, 0.25) is 10.0 Å². The fraction of sp³-hybridized carbons (Fsp3) is 0.316. The van der Waals surface area contributed by atoms with Gasteiger partial charge in [-0.15, -0.1) is 0 Å². The van der Waals surface area contributed by atoms with Crippen molar-refractivity contribution in [3.05, 3.63) is 59.4 Å². The molecule has 1 amide bonds. The Balaban J connectivity index is 2.20. The normalized spacial score (nSPS) is 12.6. The first-order chi connectivity index (χ1) is 12.8. The maximum Gasteiger partial charge on any atom is 0.255 e. The van der Waals surface area contributed by atoms with E-state index in [9.17, 15) is 22.7 Å². The van der Waals surface area contributed by atoms with Crippen molar-refractivity contribution in [2.45, 2.75) is 37.6 Å². The number of hydrogen-bond donors (Lipinski definition) is 3. The number of nitrogens with one attached hydrogen (secondary N) is 2. The minimum absolute atomic E-state index is 0.0695. The quantitative estimate of drug-likeness (QED) is 0.642. The molecule has 0 aliphatic heterocycles. The van der Waals surface area contributed by atoms with E-state index in [1.165, 1.54) is 42.5 Å². The molecular formula is C19H23FN2O4S. The van der Waals surface area contributed by atoms with Crippen LogP contribution in [-0.2, 0) is 10.0 Å². The van der Waals surface area contributed by atoms with Crippen LogP contribution in [0.3, 0.4) is 0 Å². The van der Waals surface area contributed by atoms with Gasteiger partial charge in [-0.05, 0) is 55.3 Å². The van der Waals surface area contributed by atoms with Gasteiger partial charge in [0.15, 0.2) is 0 Å². The van der Waals surface area contributed by atoms with Crippen LogP contribution in [0, 0.1) is 12.7 Å². The standard InChI is InChI=1S/C19H23FN2O4S/c1-3-5-16(12-23)22-27(25,26)17-7-4-6-14(11-17)19(24)21-15-8-9-18(20)13(2)10-15/h4,6-11,16,22-23H,3,5,12H2,1-2H3,(H,21,24). The Bertz CT molecular complexity index is 916. The molecule has 27 heavy (non-hydrogen) atoms. The van der Waals surface area contributed by atoms with Gasteiger partial charge in [-0.25, -0.2) is 17.5 Å². The SMILES string of the molecule is CCCC(CO)NS(=O)(=O)c1cccc(C(=O)Nc2ccc(F)c(C)c2)c1. The van der Waals surface area contributed by atoms with Crippen molar-refractivity contribution >= 4 is 21.6 Å². The molecule has 0 spiro atoms. The van der Waals surface area contributed by atoms with E-state index < -0.39 is 22.0 Å². The number of halogens is 1. The summed E-state index contributed by atoms with van der Waals surface area (Å²) in [5, 5.41) is 11.9. The van der Waals surface area contributed by atoms with Crippen molar-refractivity contribution in [1.82, 2.24) is 4.72 Å². The third-order valence-electron chi connectivity index (χ3n) is 4.00. The Kier molecular flexibility index (Phi) is 7.06. The molecule has 0 saturated heterocycles. The van der Waals surface area contributed by atoms with E-state index in [1.807, 2.05) is 6.92 Å². The Morgan fingerprint density at radius 2 is 1.96 bits per heavy atom. The second-order valence-corrected chi connectivity index (χ2v) is 7.95. The summed E-state index contributed by atoms with van der Waals surface area (Å²) in [5.74, 6) is -0.886. The fourth-order valence-electron chi connectivity index (χ4n) is 2.55. The molecule has 3 N–H and O–H groups in total. The van der Waals surface area contributed by atoms with Gasteiger partial charge >= 0.3 is 0 Å². The molecule has 0 aromatic heterocycles. The highest BCUT2D eigenvalue weighted by Crippen LogP contribution is 2.17. The number of hydrogen-bond acceptors (Lipinski definition) is 4. The van der Waals surface area contributed by atoms with Crippen LogP contribution in [0.4, 0.5) is 10.1 Å². The summed E-state index contributed by atoms with van der Waals surface area (Å²) in [6, 6.07) is 9.17. The van der Waals surface area contributed by atoms with Gasteiger partial charge in [0.25, 0.3) is 5.91 Å². The lowest BCUT2D eigenvalue weighted by atomic mass is 10.2. The van der Waals surface area contributed by atoms with Crippen molar-refractivity contribution in [3.8, 4) is 0 Å². The highest BCUT2D eigenvalue weighted by molar-refractivity contribution is 7.89. The summed E-state index contributed by atoms with van der Waals surface area (Å²) in [4.78, 5) is 12.3. The lowest BCUT2D eigenvalue weighted by Gasteiger charge is -2.16. The zero-order valence-corrected chi connectivity index (χ0v) is 16.0. The number of amides is 1. The van der Waals surface area contributed by atoms with E-state index in [0.717, 1.165) is 0 Å². The van der Waals surface area contributed by atoms with E-state index >= 15 is 0 Å². The van der Waals surface area contributed by atoms with E-state index in [-0.39, 0.29) is 22.9 Å². The summed E-state index contributed by atoms with van der Waals surface area (Å²) >= 11 is 0. The van der Waals surface area contributed by atoms with Crippen molar-refractivity contribution in [3.63, 3.8) is 0 Å². The van der Waals surface area contributed by atoms with Crippen LogP contribution < -0.4 is 10.0 Å². The zero-order chi connectivity index (χ0) is 20.0. The molecule has 0 radical (unpaired) electrons. The molecule has 0 heterocycles. The monoisotopic (exact) mass is 394 g/mol. The maximum atomic E-state index is 13.3. The van der Waals surface area contributed by atoms with Crippen LogP contribution in [0.15, 0.2) is 47.4 Å². The minimum atomic E-state index is -3.87. The van der Waals surface area contributed by atoms with Crippen LogP contribution in [0.2, 0.25) is 0 Å². The van der Waals surface area contributed by atoms with Gasteiger partial charge in [0, 0.05) is 17.3 Å². The van der Waals surface area contributed by atoms with Crippen LogP contribution in [0.5, 0.6) is 0 Å². The molecule has 1 unspecified atom stereocenters. The van der Waals surface area contributed by atoms with Crippen molar-refractivity contribution in [1.29, 1.82) is 0 Å². The highest BCUT2D eigenvalue weighted by Gasteiger charge is 2.20. The fourth-order valence-corrected chi connectivity index (χ4v) is 3.86. The largest absolute Gasteiger partial charge is 0.395 e. The van der Waals surface area contributed by atoms with Crippen LogP contribution in [0.25, 0.3) is 0 Å². The van der Waals surface area contributed by atoms with E-state index in [0.29, 0.717) is 24.1 Å². The number of aryl methyl sites for hydroxylation is 1. The van der Waals surface area contributed by atoms with Crippen molar-refractivity contribution in [2.24, 2.45) is 0 Å². The molecule has 146 valence electrons. The molecule has 8 heteroatoms. The molecule has 0 aliphatic rings. The van der Waals surface area contributed by atoms with Crippen molar-refractivity contribution in [2.75, 3.05) is 11.9 Å². The number of carbonyl (C=O) groups excluding carboxylic acids is 1. The Morgan fingerprint density at radius 1 is 1.22 bits per heavy atom. The predicted molar refractivity (Wildman–Crippen MR) is 102 cm³/mol. The number of benzene rings is 2. The summed E-state index contributed by atoms with van der Waals surface area (Å²) in [6.45, 7) is 3.16. The molecule has 0 saturated carbocycles. The number of aliphatic hydroxyl groups is 1. The van der Waals surface area contributed by atoms with E-state index in [2.05, 4.69) is 10.0 Å². The maximum absolute atomic E-state index is 13.3. The molecule has 1 atom stereocenters. The average molecular weight is 394 g/mol. The summed E-state index contributed by atoms with van der Waals surface area (Å²) in [7, 11) is -3.87. The number of rotatable bonds is 8. The summed E-state index contributed by atoms with van der Waals surface area (Å²) < 4.78 is 40.8. The topological polar surface area (TPSA) is 95.5 Å². The summed E-state index contributed by atoms with van der Waals surface area (Å²) in [5.41, 5.74) is 0.948. The number of sulfonamides is 1. The number of carbonyl (C=O) groups is 1. The minimum Gasteiger partial charge on any atom is -0.395 e. The first-order valence-electron chi connectivity index (χ1n) is 8.57. The molecule has 0 bridgehead atoms. The van der Waals surface area contributed by atoms with Crippen LogP contribution >= 0.6 is 0 Å². The molecule has 6 nitrogen and oxygen atoms in total. The second kappa shape index (κ2) is 9.07. The number of anilines is 1. The van der Waals surface area contributed by atoms with E-state index in [1.54, 1.807) is 6.92 Å². The summed E-state index contributed by atoms with van der Waals surface area (Å²) in [6.07, 6.45) is 1.22. The van der Waals surface area contributed by atoms with Gasteiger partial charge in [-0.3, -0.25) is 4.79 Å². The second-order valence-electron chi connectivity index (χ2n) is 6.24. The Morgan fingerprint density at radius 3 is 2.59 bits per heavy atom. The molecule has 2 rings (SSSR count). The molecular weight excluding hydrogens is 371 g/mol. The van der Waals surface area contributed by atoms with Gasteiger partial charge in [-0.1, -0.05) is 19.4 Å². The zero-order valence-electron chi connectivity index (χ0n) is 15.2. The number of aliphatic hydroxyl groups excluding tert-OH is 1. The Hall–Kier alpha value is -2.29. The molecule has 0 aliphatic carbocycles. The third kappa shape index (κ3) is 5.59. The van der Waals surface area contributed by atoms with Crippen molar-refractivity contribution < 1.29 is 22.7 Å². The predicted octanol–water partition coefficient (Wildman–Crippen LogP) is 2.83. The molecule has 2 aromatic carbocycles. The highest BCUT2D eigenvalue weighted by atomic mass is 32.2. The first-order valence-corrected chi connectivity index (χ1v) is 10.1. The van der Waals surface area contributed by atoms with Gasteiger partial charge in [0.1, 0.15) is 5.82 Å². The molecule has 2 aromatic rings.